The van der Waals surface area contributed by atoms with Crippen LogP contribution in [0.5, 0.6) is 0 Å². The summed E-state index contributed by atoms with van der Waals surface area (Å²) in [5.41, 5.74) is 26.0. The van der Waals surface area contributed by atoms with Gasteiger partial charge in [-0.05, 0) is 164 Å². The Morgan fingerprint density at radius 1 is 0.383 bits per heavy atom. The molecule has 5 fully saturated rings. The Labute approximate surface area is 758 Å². The van der Waals surface area contributed by atoms with Gasteiger partial charge in [-0.1, -0.05) is 13.3 Å². The van der Waals surface area contributed by atoms with Crippen molar-refractivity contribution in [3.8, 4) is 0 Å². The molecule has 5 saturated heterocycles. The molecular weight excluding hydrogens is 1980 g/mol. The van der Waals surface area contributed by atoms with E-state index in [4.69, 9.17) is 64.0 Å². The molecule has 54 heteroatoms. The van der Waals surface area contributed by atoms with Crippen LogP contribution in [-0.4, -0.2) is 369 Å². The Morgan fingerprint density at radius 3 is 0.961 bits per heavy atom. The minimum atomic E-state index is -1.40. The van der Waals surface area contributed by atoms with Gasteiger partial charge in [-0.2, -0.15) is 34.3 Å². The molecule has 708 valence electrons. The van der Waals surface area contributed by atoms with Crippen molar-refractivity contribution in [3.05, 3.63) is 77.5 Å². The third kappa shape index (κ3) is 23.3. The van der Waals surface area contributed by atoms with Gasteiger partial charge in [0.25, 0.3) is 33.9 Å². The number of hydrogen-bond donors (Lipinski definition) is 20. The fourth-order valence-electron chi connectivity index (χ4n) is 14.9. The molecule has 128 heavy (non-hydrogen) atoms. The van der Waals surface area contributed by atoms with Gasteiger partial charge < -0.3 is 103 Å². The molecule has 5 aliphatic heterocycles. The van der Waals surface area contributed by atoms with Crippen LogP contribution >= 0.6 is 84.6 Å². The van der Waals surface area contributed by atoms with Crippen molar-refractivity contribution >= 4 is 202 Å². The molecule has 10 aromatic heterocycles. The van der Waals surface area contributed by atoms with Gasteiger partial charge in [-0.15, -0.1) is 65.9 Å². The fourth-order valence-corrected chi connectivity index (χ4v) is 21.2. The topological polar surface area (TPSA) is 696 Å². The zero-order valence-corrected chi connectivity index (χ0v) is 81.1. The largest absolute Gasteiger partial charge is 0.388 e. The maximum Gasteiger partial charge on any atom is 0.293 e. The molecule has 0 aromatic carbocycles. The summed E-state index contributed by atoms with van der Waals surface area (Å²) in [7, 11) is 0. The van der Waals surface area contributed by atoms with Gasteiger partial charge in [0, 0.05) is 29.0 Å². The van der Waals surface area contributed by atoms with Crippen LogP contribution in [0.1, 0.15) is 88.8 Å². The maximum atomic E-state index is 14.3. The first-order valence-corrected chi connectivity index (χ1v) is 57.9. The average molecular weight is 2090 g/mol. The first-order chi connectivity index (χ1) is 59.4. The summed E-state index contributed by atoms with van der Waals surface area (Å²) in [6, 6.07) is 0. The quantitative estimate of drug-likeness (QED) is 0.0237. The number of imidazole rings is 5. The van der Waals surface area contributed by atoms with Gasteiger partial charge in [-0.3, -0.25) is 71.7 Å². The van der Waals surface area contributed by atoms with Gasteiger partial charge in [0.2, 0.25) is 35.0 Å². The van der Waals surface area contributed by atoms with E-state index in [1.165, 1.54) is 13.7 Å². The van der Waals surface area contributed by atoms with Crippen LogP contribution in [0, 0.1) is 9.91 Å². The van der Waals surface area contributed by atoms with Crippen LogP contribution in [0.4, 0.5) is 34.1 Å². The number of halogens is 4. The second-order valence-electron chi connectivity index (χ2n) is 35.6. The van der Waals surface area contributed by atoms with Crippen molar-refractivity contribution in [2.75, 3.05) is 126 Å². The van der Waals surface area contributed by atoms with E-state index >= 15 is 0 Å². The molecule has 5 aliphatic rings. The third-order valence-corrected chi connectivity index (χ3v) is 30.5. The van der Waals surface area contributed by atoms with Crippen molar-refractivity contribution in [2.45, 2.75) is 181 Å². The van der Waals surface area contributed by atoms with Crippen LogP contribution in [-0.2, 0) is 30.1 Å². The monoisotopic (exact) mass is 2090 g/mol. The number of aliphatic hydroxyl groups is 10. The first-order valence-electron chi connectivity index (χ1n) is 40.4. The Morgan fingerprint density at radius 2 is 0.633 bits per heavy atom. The van der Waals surface area contributed by atoms with E-state index in [2.05, 4.69) is 182 Å². The number of fused-ring (bicyclic) bond motifs is 5. The number of aromatic amines is 5. The predicted octanol–water partition coefficient (Wildman–Crippen LogP) is 0.604. The average Bonchev–Trinajstić information content (AvgIpc) is 1.59. The summed E-state index contributed by atoms with van der Waals surface area (Å²) in [5.74, 6) is 0.106. The molecule has 0 unspecified atom stereocenters. The van der Waals surface area contributed by atoms with E-state index < -0.39 is 191 Å². The molecule has 20 atom stereocenters. The molecule has 15 heterocycles. The number of rotatable bonds is 23. The second kappa shape index (κ2) is 40.1. The third-order valence-electron chi connectivity index (χ3n) is 21.6. The van der Waals surface area contributed by atoms with E-state index in [-0.39, 0.29) is 95.6 Å². The number of aromatic nitrogens is 20. The van der Waals surface area contributed by atoms with Gasteiger partial charge in [0.1, 0.15) is 66.9 Å². The smallest absolute Gasteiger partial charge is 0.293 e. The molecule has 0 bridgehead atoms. The molecule has 0 radical (unpaired) electrons. The molecule has 0 saturated carbocycles. The van der Waals surface area contributed by atoms with Crippen LogP contribution in [0.25, 0.3) is 55.8 Å². The van der Waals surface area contributed by atoms with Crippen LogP contribution in [0.2, 0.25) is 5.28 Å². The van der Waals surface area contributed by atoms with Crippen LogP contribution in [0.15, 0.2) is 28.7 Å². The van der Waals surface area contributed by atoms with E-state index in [1.807, 2.05) is 35.9 Å². The first kappa shape index (κ1) is 102. The number of nitrogen functional groups attached to an aromatic ring is 5. The number of nitrogens with two attached hydrogens (primary N) is 5. The minimum absolute atomic E-state index is 0.0160. The van der Waals surface area contributed by atoms with E-state index in [0.29, 0.717) is 48.2 Å². The zero-order valence-electron chi connectivity index (χ0n) is 72.2. The standard InChI is InChI=1S/C18H30N5O4P.C14H21BrN5O4P.C14H21ClN5O4P.C14H21FN5O4P.C14H21IN5O4P/c1-5-6-7-11-20-12-15(21-18(19)22-16(12)26)23(11)17-14(25)13(24)10(27-17)8-9-28(2,3)4;4*1-25(2,3)5-4-6-8(21)9(22)12(24-6)20-10-7(17-13(20)15)11(23)19-14(16)18-10/h10,13-14,17,24-25H,2,5-9H2,1,3-4H3,(H3,19,21,22,26);4*6,8-9,12,21-22H,1,4-5H2,2-3H3,(H3,16,18,19,23)/t10-,13-,14-,17-;4*6-,8-,9-,12-/m11111/s1. The molecule has 0 spiro atoms. The van der Waals surface area contributed by atoms with E-state index in [1.54, 1.807) is 4.57 Å². The van der Waals surface area contributed by atoms with Crippen LogP contribution in [0.3, 0.4) is 0 Å². The number of unbranched alkanes of at least 4 members (excludes halogenated alkanes) is 1. The Balaban J connectivity index is 0.000000155. The molecular formula is C74H114BrClFIN25O20P5. The number of H-pyrrole nitrogens is 5. The molecule has 0 amide bonds. The number of aryl methyl sites for hydroxylation is 1. The Kier molecular flexibility index (Phi) is 31.8. The van der Waals surface area contributed by atoms with E-state index in [9.17, 15) is 79.4 Å². The summed E-state index contributed by atoms with van der Waals surface area (Å²) in [4.78, 5) is 112. The highest BCUT2D eigenvalue weighted by Crippen LogP contribution is 2.47. The van der Waals surface area contributed by atoms with Crippen molar-refractivity contribution in [3.63, 3.8) is 0 Å². The summed E-state index contributed by atoms with van der Waals surface area (Å²) < 4.78 is 51.0. The number of ether oxygens (including phenoxy) is 5. The zero-order chi connectivity index (χ0) is 94.7. The molecule has 0 aliphatic carbocycles. The maximum absolute atomic E-state index is 14.3. The molecule has 25 N–H and O–H groups in total. The molecule has 10 aromatic rings. The highest BCUT2D eigenvalue weighted by Gasteiger charge is 2.51. The highest BCUT2D eigenvalue weighted by molar-refractivity contribution is 14.1. The Hall–Kier alpha value is -6.92. The predicted molar refractivity (Wildman–Crippen MR) is 513 cm³/mol. The number of aliphatic hydroxyl groups excluding tert-OH is 10. The van der Waals surface area contributed by atoms with Crippen LogP contribution < -0.4 is 56.5 Å². The molecule has 45 nitrogen and oxygen atoms in total. The second-order valence-corrected chi connectivity index (χ2v) is 59.2. The number of nitrogens with one attached hydrogen (secondary N) is 5. The van der Waals surface area contributed by atoms with Crippen molar-refractivity contribution < 1.29 is 79.1 Å². The van der Waals surface area contributed by atoms with Crippen molar-refractivity contribution in [2.24, 2.45) is 0 Å². The van der Waals surface area contributed by atoms with Gasteiger partial charge in [0.15, 0.2) is 95.5 Å². The number of anilines is 5. The summed E-state index contributed by atoms with van der Waals surface area (Å²) >= 11 is 11.3. The number of nitrogens with zero attached hydrogens (tertiary/aromatic N) is 15. The SMILES string of the molecule is C=P(C)(C)CC[C@H]1O[C@@H](n2c(Br)nc3c(=O)[nH]c(N)nc32)[C@H](O)[C@@H]1O.C=P(C)(C)CC[C@H]1O[C@@H](n2c(CCCC)nc3c(=O)[nH]c(N)nc32)[C@H](O)[C@@H]1O.C=P(C)(C)CC[C@H]1O[C@@H](n2c(Cl)nc3c(=O)[nH]c(N)nc32)[C@H](O)[C@@H]1O.C=P(C)(C)CC[C@H]1O[C@@H](n2c(F)nc3c(=O)[nH]c(N)nc32)[C@H](O)[C@@H]1O.C=P(C)(C)CC[C@H]1O[C@@H](n2c(I)nc3c(=O)[nH]c(N)nc32)[C@H](O)[C@@H]1O. The summed E-state index contributed by atoms with van der Waals surface area (Å²) in [6.45, 7) is 16.5. The van der Waals surface area contributed by atoms with Gasteiger partial charge in [-0.25, -0.2) is 19.9 Å². The lowest BCUT2D eigenvalue weighted by molar-refractivity contribution is -0.0412. The summed E-state index contributed by atoms with van der Waals surface area (Å²) in [5, 5.41) is 104. The minimum Gasteiger partial charge on any atom is -0.388 e. The van der Waals surface area contributed by atoms with Crippen molar-refractivity contribution in [1.29, 1.82) is 0 Å². The van der Waals surface area contributed by atoms with E-state index in [0.717, 1.165) is 48.2 Å². The summed E-state index contributed by atoms with van der Waals surface area (Å²) in [6.07, 6.45) is 9.52. The normalized spacial score (nSPS) is 26.9. The Bertz CT molecular complexity index is 5730. The van der Waals surface area contributed by atoms with Crippen molar-refractivity contribution in [1.82, 2.24) is 97.6 Å². The highest BCUT2D eigenvalue weighted by atomic mass is 127. The van der Waals surface area contributed by atoms with Gasteiger partial charge >= 0.3 is 0 Å². The van der Waals surface area contributed by atoms with Gasteiger partial charge in [0.05, 0.1) is 30.5 Å². The lowest BCUT2D eigenvalue weighted by Crippen LogP contribution is -2.32. The number of hydrogen-bond acceptors (Lipinski definition) is 35. The lowest BCUT2D eigenvalue weighted by Gasteiger charge is -2.20. The fraction of sp³-hybridized carbons (Fsp3) is 0.595. The lowest BCUT2D eigenvalue weighted by atomic mass is 10.1. The molecule has 15 rings (SSSR count).